The zero-order valence-electron chi connectivity index (χ0n) is 17.2. The first-order valence-corrected chi connectivity index (χ1v) is 10.3. The molecular weight excluding hydrogens is 469 g/mol. The average molecular weight is 485 g/mol. The van der Waals surface area contributed by atoms with Gasteiger partial charge in [-0.2, -0.15) is 22.6 Å². The molecule has 1 aromatic heterocycles. The molecule has 6 nitrogen and oxygen atoms in total. The molecule has 0 bridgehead atoms. The second-order valence-electron chi connectivity index (χ2n) is 7.24. The zero-order valence-corrected chi connectivity index (χ0v) is 18.0. The third-order valence-electron chi connectivity index (χ3n) is 4.64. The van der Waals surface area contributed by atoms with Gasteiger partial charge in [0, 0.05) is 30.7 Å². The maximum Gasteiger partial charge on any atom is 0.507 e. The van der Waals surface area contributed by atoms with Crippen molar-refractivity contribution < 1.29 is 36.2 Å². The quantitative estimate of drug-likeness (QED) is 0.486. The number of hydrogen-bond acceptors (Lipinski definition) is 4. The van der Waals surface area contributed by atoms with Gasteiger partial charge >= 0.3 is 18.2 Å². The first-order chi connectivity index (χ1) is 15.4. The summed E-state index contributed by atoms with van der Waals surface area (Å²) in [6.07, 6.45) is -8.05. The average Bonchev–Trinajstić information content (AvgIpc) is 3.09. The first kappa shape index (κ1) is 22.8. The predicted molar refractivity (Wildman–Crippen MR) is 108 cm³/mol. The van der Waals surface area contributed by atoms with E-state index in [1.165, 1.54) is 34.7 Å². The fourth-order valence-electron chi connectivity index (χ4n) is 3.02. The summed E-state index contributed by atoms with van der Waals surface area (Å²) in [6.45, 7) is 1.93. The molecule has 0 N–H and O–H groups in total. The van der Waals surface area contributed by atoms with Gasteiger partial charge in [-0.1, -0.05) is 12.1 Å². The second-order valence-corrected chi connectivity index (χ2v) is 8.45. The Balaban J connectivity index is 1.63. The van der Waals surface area contributed by atoms with Crippen LogP contribution >= 0.6 is 11.3 Å². The van der Waals surface area contributed by atoms with Gasteiger partial charge in [0.1, 0.15) is 5.82 Å². The molecule has 1 aliphatic heterocycles. The summed E-state index contributed by atoms with van der Waals surface area (Å²) in [7, 11) is 1.52. The number of thiazole rings is 1. The largest absolute Gasteiger partial charge is 0.507 e. The third-order valence-corrected chi connectivity index (χ3v) is 5.54. The van der Waals surface area contributed by atoms with Gasteiger partial charge in [-0.25, -0.2) is 9.18 Å². The van der Waals surface area contributed by atoms with Crippen LogP contribution in [-0.4, -0.2) is 34.8 Å². The molecule has 0 radical (unpaired) electrons. The highest BCUT2D eigenvalue weighted by molar-refractivity contribution is 7.09. The number of carbonyl (C=O) groups is 1. The van der Waals surface area contributed by atoms with Gasteiger partial charge in [-0.05, 0) is 36.8 Å². The van der Waals surface area contributed by atoms with E-state index in [-0.39, 0.29) is 17.0 Å². The molecule has 4 rings (SSSR count). The van der Waals surface area contributed by atoms with E-state index in [2.05, 4.69) is 14.5 Å². The van der Waals surface area contributed by atoms with Gasteiger partial charge in [0.25, 0.3) is 0 Å². The van der Waals surface area contributed by atoms with E-state index < -0.39 is 35.6 Å². The Morgan fingerprint density at radius 1 is 1.06 bits per heavy atom. The lowest BCUT2D eigenvalue weighted by molar-refractivity contribution is -0.391. The highest BCUT2D eigenvalue weighted by Gasteiger charge is 2.65. The number of rotatable bonds is 3. The predicted octanol–water partition coefficient (Wildman–Crippen LogP) is 5.10. The lowest BCUT2D eigenvalue weighted by Crippen LogP contribution is -2.52. The summed E-state index contributed by atoms with van der Waals surface area (Å²) < 4.78 is 76.6. The van der Waals surface area contributed by atoms with Crippen molar-refractivity contribution in [1.29, 1.82) is 0 Å². The highest BCUT2D eigenvalue weighted by atomic mass is 32.1. The minimum absolute atomic E-state index is 0.181. The molecule has 0 atom stereocenters. The lowest BCUT2D eigenvalue weighted by Gasteiger charge is -2.31. The van der Waals surface area contributed by atoms with Crippen molar-refractivity contribution >= 4 is 17.4 Å². The molecule has 2 heterocycles. The molecule has 0 spiro atoms. The van der Waals surface area contributed by atoms with E-state index in [0.717, 1.165) is 28.3 Å². The molecule has 174 valence electrons. The van der Waals surface area contributed by atoms with Crippen LogP contribution < -0.4 is 14.3 Å². The van der Waals surface area contributed by atoms with Crippen molar-refractivity contribution in [2.24, 2.45) is 4.99 Å². The number of alkyl halides is 4. The van der Waals surface area contributed by atoms with Crippen LogP contribution in [0.2, 0.25) is 0 Å². The number of ether oxygens (including phenoxy) is 2. The van der Waals surface area contributed by atoms with Gasteiger partial charge in [0.05, 0.1) is 5.69 Å². The smallest absolute Gasteiger partial charge is 0.421 e. The monoisotopic (exact) mass is 485 g/mol. The van der Waals surface area contributed by atoms with E-state index in [4.69, 9.17) is 0 Å². The number of fused-ring (bicyclic) bond motifs is 1. The van der Waals surface area contributed by atoms with Crippen LogP contribution in [0.4, 0.5) is 26.7 Å². The van der Waals surface area contributed by atoms with E-state index in [1.807, 2.05) is 0 Å². The standard InChI is InChI=1S/C21H16F5N3O3S/c1-12-10-29(15-7-8-16-17(9-15)32-21(25,26)20(23,24)31-16)19(33-12)27-18(30)28(2)11-13-3-5-14(22)6-4-13/h3-10H,11H2,1-2H3/b27-19-. The van der Waals surface area contributed by atoms with Crippen molar-refractivity contribution in [3.05, 3.63) is 69.7 Å². The van der Waals surface area contributed by atoms with Crippen LogP contribution in [0, 0.1) is 12.7 Å². The van der Waals surface area contributed by atoms with E-state index in [0.29, 0.717) is 5.56 Å². The molecule has 0 unspecified atom stereocenters. The number of benzene rings is 2. The van der Waals surface area contributed by atoms with E-state index >= 15 is 0 Å². The van der Waals surface area contributed by atoms with Gasteiger partial charge in [-0.15, -0.1) is 11.3 Å². The molecule has 3 aromatic rings. The van der Waals surface area contributed by atoms with E-state index in [1.54, 1.807) is 25.3 Å². The van der Waals surface area contributed by atoms with Crippen LogP contribution in [0.3, 0.4) is 0 Å². The summed E-state index contributed by atoms with van der Waals surface area (Å²) in [4.78, 5) is 19.0. The fraction of sp³-hybridized carbons (Fsp3) is 0.238. The molecule has 0 saturated carbocycles. The topological polar surface area (TPSA) is 56.1 Å². The molecule has 2 aromatic carbocycles. The van der Waals surface area contributed by atoms with Crippen LogP contribution in [0.25, 0.3) is 5.69 Å². The van der Waals surface area contributed by atoms with Gasteiger partial charge in [0.2, 0.25) is 0 Å². The summed E-state index contributed by atoms with van der Waals surface area (Å²) >= 11 is 1.16. The van der Waals surface area contributed by atoms with Crippen molar-refractivity contribution in [3.63, 3.8) is 0 Å². The van der Waals surface area contributed by atoms with Crippen molar-refractivity contribution in [2.75, 3.05) is 7.05 Å². The number of halogens is 5. The normalized spacial score (nSPS) is 16.5. The number of aromatic nitrogens is 1. The second kappa shape index (κ2) is 8.18. The molecule has 33 heavy (non-hydrogen) atoms. The van der Waals surface area contributed by atoms with Crippen LogP contribution in [0.1, 0.15) is 10.4 Å². The molecule has 0 aliphatic carbocycles. The van der Waals surface area contributed by atoms with Gasteiger partial charge in [-0.3, -0.25) is 4.57 Å². The number of amides is 2. The van der Waals surface area contributed by atoms with E-state index in [9.17, 15) is 26.7 Å². The number of nitrogens with zero attached hydrogens (tertiary/aromatic N) is 3. The number of hydrogen-bond donors (Lipinski definition) is 0. The van der Waals surface area contributed by atoms with Crippen molar-refractivity contribution in [2.45, 2.75) is 25.7 Å². The molecule has 12 heteroatoms. The maximum absolute atomic E-state index is 13.5. The summed E-state index contributed by atoms with van der Waals surface area (Å²) in [5, 5.41) is 0. The Hall–Kier alpha value is -3.41. The minimum atomic E-state index is -4.85. The third kappa shape index (κ3) is 4.56. The molecule has 1 aliphatic rings. The zero-order chi connectivity index (χ0) is 24.0. The SMILES string of the molecule is Cc1cn(-c2ccc3c(c2)OC(F)(F)C(F)(F)O3)/c(=N/C(=O)N(C)Cc2ccc(F)cc2)s1. The fourth-order valence-corrected chi connectivity index (χ4v) is 3.85. The molecule has 0 fully saturated rings. The van der Waals surface area contributed by atoms with Crippen LogP contribution in [0.15, 0.2) is 53.7 Å². The Labute approximate surface area is 188 Å². The number of urea groups is 1. The van der Waals surface area contributed by atoms with Crippen LogP contribution in [-0.2, 0) is 6.54 Å². The maximum atomic E-state index is 13.5. The highest BCUT2D eigenvalue weighted by Crippen LogP contribution is 2.47. The van der Waals surface area contributed by atoms with Gasteiger partial charge in [0.15, 0.2) is 16.3 Å². The molecular formula is C21H16F5N3O3S. The Morgan fingerprint density at radius 2 is 1.70 bits per heavy atom. The lowest BCUT2D eigenvalue weighted by atomic mass is 10.2. The van der Waals surface area contributed by atoms with Crippen LogP contribution in [0.5, 0.6) is 11.5 Å². The summed E-state index contributed by atoms with van der Waals surface area (Å²) in [6, 6.07) is 8.56. The molecule has 2 amide bonds. The summed E-state index contributed by atoms with van der Waals surface area (Å²) in [5.41, 5.74) is 0.942. The van der Waals surface area contributed by atoms with Crippen molar-refractivity contribution in [3.8, 4) is 17.2 Å². The Kier molecular flexibility index (Phi) is 5.64. The van der Waals surface area contributed by atoms with Gasteiger partial charge < -0.3 is 14.4 Å². The number of aryl methyl sites for hydroxylation is 1. The Morgan fingerprint density at radius 3 is 2.36 bits per heavy atom. The minimum Gasteiger partial charge on any atom is -0.421 e. The molecule has 0 saturated heterocycles. The summed E-state index contributed by atoms with van der Waals surface area (Å²) in [5.74, 6) is -1.52. The first-order valence-electron chi connectivity index (χ1n) is 9.47. The van der Waals surface area contributed by atoms with Crippen molar-refractivity contribution in [1.82, 2.24) is 9.47 Å². The Bertz CT molecular complexity index is 1270. The number of carbonyl (C=O) groups excluding carboxylic acids is 1.